The molecule has 0 N–H and O–H groups in total. The number of pyridine rings is 1. The molecule has 0 saturated carbocycles. The third-order valence-electron chi connectivity index (χ3n) is 4.62. The molecule has 0 fully saturated rings. The number of aromatic nitrogens is 1. The first-order valence-electron chi connectivity index (χ1n) is 8.46. The number of thioether (sulfide) groups is 1. The SMILES string of the molecule is CCN(CC)C(=O)CSc1nc2cc3c(cc2cc1C)CCC3. The van der Waals surface area contributed by atoms with Crippen molar-refractivity contribution in [3.8, 4) is 0 Å². The molecule has 0 unspecified atom stereocenters. The van der Waals surface area contributed by atoms with Gasteiger partial charge < -0.3 is 4.90 Å². The van der Waals surface area contributed by atoms with Crippen LogP contribution in [0.3, 0.4) is 0 Å². The van der Waals surface area contributed by atoms with Gasteiger partial charge in [0.05, 0.1) is 11.3 Å². The lowest BCUT2D eigenvalue weighted by Gasteiger charge is -2.18. The number of benzene rings is 1. The van der Waals surface area contributed by atoms with Crippen molar-refractivity contribution in [2.45, 2.75) is 45.1 Å². The van der Waals surface area contributed by atoms with Crippen LogP contribution in [0.15, 0.2) is 23.2 Å². The van der Waals surface area contributed by atoms with Crippen LogP contribution in [-0.4, -0.2) is 34.6 Å². The molecular weight excluding hydrogens is 304 g/mol. The Bertz CT molecular complexity index is 738. The Labute approximate surface area is 142 Å². The molecule has 1 amide bonds. The van der Waals surface area contributed by atoms with Crippen LogP contribution in [-0.2, 0) is 17.6 Å². The minimum Gasteiger partial charge on any atom is -0.343 e. The molecule has 0 radical (unpaired) electrons. The van der Waals surface area contributed by atoms with E-state index >= 15 is 0 Å². The average molecular weight is 328 g/mol. The number of rotatable bonds is 5. The summed E-state index contributed by atoms with van der Waals surface area (Å²) in [6.07, 6.45) is 3.62. The van der Waals surface area contributed by atoms with Crippen LogP contribution in [0.4, 0.5) is 0 Å². The number of carbonyl (C=O) groups is 1. The van der Waals surface area contributed by atoms with Gasteiger partial charge in [0, 0.05) is 18.5 Å². The molecule has 0 aliphatic heterocycles. The quantitative estimate of drug-likeness (QED) is 0.778. The maximum Gasteiger partial charge on any atom is 0.232 e. The van der Waals surface area contributed by atoms with Crippen LogP contribution in [0, 0.1) is 6.92 Å². The van der Waals surface area contributed by atoms with Crippen molar-refractivity contribution in [1.29, 1.82) is 0 Å². The van der Waals surface area contributed by atoms with Crippen molar-refractivity contribution >= 4 is 28.6 Å². The van der Waals surface area contributed by atoms with Crippen LogP contribution in [0.2, 0.25) is 0 Å². The van der Waals surface area contributed by atoms with Gasteiger partial charge in [0.25, 0.3) is 0 Å². The van der Waals surface area contributed by atoms with Crippen LogP contribution in [0.1, 0.15) is 37.0 Å². The van der Waals surface area contributed by atoms with Gasteiger partial charge in [-0.05, 0) is 74.9 Å². The highest BCUT2D eigenvalue weighted by molar-refractivity contribution is 7.99. The predicted octanol–water partition coefficient (Wildman–Crippen LogP) is 3.99. The van der Waals surface area contributed by atoms with Crippen molar-refractivity contribution in [2.24, 2.45) is 0 Å². The number of aryl methyl sites for hydroxylation is 3. The molecular formula is C19H24N2OS. The number of hydrogen-bond donors (Lipinski definition) is 0. The first-order chi connectivity index (χ1) is 11.1. The van der Waals surface area contributed by atoms with Gasteiger partial charge >= 0.3 is 0 Å². The predicted molar refractivity (Wildman–Crippen MR) is 97.2 cm³/mol. The van der Waals surface area contributed by atoms with Crippen molar-refractivity contribution in [2.75, 3.05) is 18.8 Å². The van der Waals surface area contributed by atoms with E-state index in [1.54, 1.807) is 11.8 Å². The lowest BCUT2D eigenvalue weighted by atomic mass is 10.1. The first kappa shape index (κ1) is 16.3. The maximum atomic E-state index is 12.2. The molecule has 1 aliphatic carbocycles. The molecule has 4 heteroatoms. The summed E-state index contributed by atoms with van der Waals surface area (Å²) in [5.41, 5.74) is 5.15. The highest BCUT2D eigenvalue weighted by Crippen LogP contribution is 2.30. The van der Waals surface area contributed by atoms with E-state index in [2.05, 4.69) is 25.1 Å². The fraction of sp³-hybridized carbons (Fsp3) is 0.474. The molecule has 1 heterocycles. The second-order valence-corrected chi connectivity index (χ2v) is 7.10. The van der Waals surface area contributed by atoms with Crippen molar-refractivity contribution in [1.82, 2.24) is 9.88 Å². The van der Waals surface area contributed by atoms with Crippen molar-refractivity contribution in [3.05, 3.63) is 34.9 Å². The Balaban J connectivity index is 1.82. The van der Waals surface area contributed by atoms with E-state index in [0.29, 0.717) is 5.75 Å². The van der Waals surface area contributed by atoms with Gasteiger partial charge in [-0.2, -0.15) is 0 Å². The van der Waals surface area contributed by atoms with Gasteiger partial charge in [-0.25, -0.2) is 4.98 Å². The van der Waals surface area contributed by atoms with Gasteiger partial charge in [-0.1, -0.05) is 11.8 Å². The first-order valence-corrected chi connectivity index (χ1v) is 9.44. The number of fused-ring (bicyclic) bond motifs is 2. The summed E-state index contributed by atoms with van der Waals surface area (Å²) < 4.78 is 0. The van der Waals surface area contributed by atoms with Crippen LogP contribution in [0.25, 0.3) is 10.9 Å². The normalized spacial score (nSPS) is 13.3. The second kappa shape index (κ2) is 6.91. The second-order valence-electron chi connectivity index (χ2n) is 6.13. The van der Waals surface area contributed by atoms with Crippen molar-refractivity contribution in [3.63, 3.8) is 0 Å². The van der Waals surface area contributed by atoms with E-state index < -0.39 is 0 Å². The summed E-state index contributed by atoms with van der Waals surface area (Å²) in [4.78, 5) is 18.9. The lowest BCUT2D eigenvalue weighted by Crippen LogP contribution is -2.31. The third kappa shape index (κ3) is 3.37. The average Bonchev–Trinajstić information content (AvgIpc) is 2.99. The number of hydrogen-bond acceptors (Lipinski definition) is 3. The molecule has 1 aromatic heterocycles. The van der Waals surface area contributed by atoms with Crippen LogP contribution < -0.4 is 0 Å². The van der Waals surface area contributed by atoms with E-state index in [-0.39, 0.29) is 5.91 Å². The third-order valence-corrected chi connectivity index (χ3v) is 5.70. The fourth-order valence-electron chi connectivity index (χ4n) is 3.28. The minimum atomic E-state index is 0.190. The Morgan fingerprint density at radius 3 is 2.57 bits per heavy atom. The Kier molecular flexibility index (Phi) is 4.90. The summed E-state index contributed by atoms with van der Waals surface area (Å²) in [6.45, 7) is 7.67. The monoisotopic (exact) mass is 328 g/mol. The number of nitrogens with zero attached hydrogens (tertiary/aromatic N) is 2. The topological polar surface area (TPSA) is 33.2 Å². The van der Waals surface area contributed by atoms with E-state index in [9.17, 15) is 4.79 Å². The molecule has 23 heavy (non-hydrogen) atoms. The standard InChI is InChI=1S/C19H24N2OS/c1-4-21(5-2)18(22)12-23-19-13(3)9-16-10-14-7-6-8-15(14)11-17(16)20-19/h9-11H,4-8,12H2,1-3H3. The fourth-order valence-corrected chi connectivity index (χ4v) is 4.17. The summed E-state index contributed by atoms with van der Waals surface area (Å²) in [5, 5.41) is 2.21. The smallest absolute Gasteiger partial charge is 0.232 e. The summed E-state index contributed by atoms with van der Waals surface area (Å²) >= 11 is 1.56. The van der Waals surface area contributed by atoms with Crippen LogP contribution in [0.5, 0.6) is 0 Å². The van der Waals surface area contributed by atoms with E-state index in [1.807, 2.05) is 18.7 Å². The van der Waals surface area contributed by atoms with E-state index in [0.717, 1.165) is 29.2 Å². The molecule has 2 aromatic rings. The highest BCUT2D eigenvalue weighted by Gasteiger charge is 2.15. The summed E-state index contributed by atoms with van der Waals surface area (Å²) in [5.74, 6) is 0.654. The minimum absolute atomic E-state index is 0.190. The molecule has 0 spiro atoms. The largest absolute Gasteiger partial charge is 0.343 e. The molecule has 122 valence electrons. The zero-order chi connectivity index (χ0) is 16.4. The molecule has 1 aromatic carbocycles. The van der Waals surface area contributed by atoms with Gasteiger partial charge in [-0.15, -0.1) is 0 Å². The number of amides is 1. The van der Waals surface area contributed by atoms with Gasteiger partial charge in [0.15, 0.2) is 0 Å². The highest BCUT2D eigenvalue weighted by atomic mass is 32.2. The molecule has 3 nitrogen and oxygen atoms in total. The molecule has 0 saturated heterocycles. The number of carbonyl (C=O) groups excluding carboxylic acids is 1. The molecule has 0 atom stereocenters. The zero-order valence-corrected chi connectivity index (χ0v) is 15.0. The van der Waals surface area contributed by atoms with E-state index in [4.69, 9.17) is 4.98 Å². The molecule has 1 aliphatic rings. The zero-order valence-electron chi connectivity index (χ0n) is 14.2. The van der Waals surface area contributed by atoms with Gasteiger partial charge in [-0.3, -0.25) is 4.79 Å². The Morgan fingerprint density at radius 2 is 1.87 bits per heavy atom. The van der Waals surface area contributed by atoms with Gasteiger partial charge in [0.2, 0.25) is 5.91 Å². The lowest BCUT2D eigenvalue weighted by molar-refractivity contribution is -0.127. The summed E-state index contributed by atoms with van der Waals surface area (Å²) in [7, 11) is 0. The van der Waals surface area contributed by atoms with Crippen LogP contribution >= 0.6 is 11.8 Å². The molecule has 0 bridgehead atoms. The molecule has 3 rings (SSSR count). The summed E-state index contributed by atoms with van der Waals surface area (Å²) in [6, 6.07) is 6.76. The Morgan fingerprint density at radius 1 is 1.17 bits per heavy atom. The Hall–Kier alpha value is -1.55. The van der Waals surface area contributed by atoms with Gasteiger partial charge in [0.1, 0.15) is 5.03 Å². The van der Waals surface area contributed by atoms with E-state index in [1.165, 1.54) is 35.8 Å². The van der Waals surface area contributed by atoms with Crippen molar-refractivity contribution < 1.29 is 4.79 Å². The maximum absolute atomic E-state index is 12.2.